The molecular formula is C23H25F2N5O4. The van der Waals surface area contributed by atoms with Gasteiger partial charge in [0.15, 0.2) is 0 Å². The van der Waals surface area contributed by atoms with Crippen LogP contribution in [0, 0.1) is 12.3 Å². The standard InChI is InChI=1S/C23H25F2N5O4/c1-14-17(34-16-6-8-26-15(10-16)11-19(31)29(2)3)4-5-18(27-14)28-21(33)30-9-7-22(20(30)32)12-23(24,25)13-22/h4-6,8,10H,7,9,11-13H2,1-3H3,(H,27,28,33). The number of amides is 4. The highest BCUT2D eigenvalue weighted by Crippen LogP contribution is 2.57. The van der Waals surface area contributed by atoms with E-state index in [0.717, 1.165) is 4.90 Å². The second-order valence-corrected chi connectivity index (χ2v) is 8.96. The molecule has 0 aromatic carbocycles. The first-order valence-corrected chi connectivity index (χ1v) is 10.8. The number of rotatable bonds is 5. The van der Waals surface area contributed by atoms with Crippen LogP contribution in [0.15, 0.2) is 30.5 Å². The molecule has 1 aliphatic heterocycles. The Bertz CT molecular complexity index is 1150. The van der Waals surface area contributed by atoms with Crippen LogP contribution < -0.4 is 10.1 Å². The fourth-order valence-corrected chi connectivity index (χ4v) is 4.24. The van der Waals surface area contributed by atoms with Crippen LogP contribution in [-0.4, -0.2) is 64.2 Å². The molecule has 1 aliphatic carbocycles. The number of ether oxygens (including phenoxy) is 1. The zero-order valence-electron chi connectivity index (χ0n) is 19.1. The van der Waals surface area contributed by atoms with Gasteiger partial charge in [-0.1, -0.05) is 0 Å². The minimum atomic E-state index is -2.84. The predicted octanol–water partition coefficient (Wildman–Crippen LogP) is 3.39. The fraction of sp³-hybridized carbons (Fsp3) is 0.435. The second-order valence-electron chi connectivity index (χ2n) is 8.96. The van der Waals surface area contributed by atoms with Crippen molar-refractivity contribution in [2.24, 2.45) is 5.41 Å². The van der Waals surface area contributed by atoms with Crippen molar-refractivity contribution in [2.75, 3.05) is 26.0 Å². The van der Waals surface area contributed by atoms with Crippen LogP contribution in [0.5, 0.6) is 11.5 Å². The Morgan fingerprint density at radius 2 is 1.97 bits per heavy atom. The van der Waals surface area contributed by atoms with Gasteiger partial charge in [0.05, 0.1) is 23.2 Å². The maximum absolute atomic E-state index is 13.3. The number of carbonyl (C=O) groups excluding carboxylic acids is 3. The largest absolute Gasteiger partial charge is 0.455 e. The second kappa shape index (κ2) is 8.62. The number of pyridine rings is 2. The molecule has 1 saturated heterocycles. The lowest BCUT2D eigenvalue weighted by Gasteiger charge is -2.42. The fourth-order valence-electron chi connectivity index (χ4n) is 4.24. The third-order valence-corrected chi connectivity index (χ3v) is 6.07. The van der Waals surface area contributed by atoms with E-state index in [0.29, 0.717) is 22.9 Å². The summed E-state index contributed by atoms with van der Waals surface area (Å²) in [6.07, 6.45) is 0.906. The number of likely N-dealkylation sites (tertiary alicyclic amines) is 1. The van der Waals surface area contributed by atoms with Crippen molar-refractivity contribution in [1.29, 1.82) is 0 Å². The quantitative estimate of drug-likeness (QED) is 0.714. The van der Waals surface area contributed by atoms with E-state index < -0.39 is 36.1 Å². The number of nitrogens with zero attached hydrogens (tertiary/aromatic N) is 4. The number of likely N-dealkylation sites (N-methyl/N-ethyl adjacent to an activating group) is 1. The van der Waals surface area contributed by atoms with E-state index >= 15 is 0 Å². The van der Waals surface area contributed by atoms with Crippen LogP contribution in [0.25, 0.3) is 0 Å². The summed E-state index contributed by atoms with van der Waals surface area (Å²) in [4.78, 5) is 48.0. The van der Waals surface area contributed by atoms with Crippen molar-refractivity contribution < 1.29 is 27.9 Å². The molecule has 1 spiro atoms. The number of carbonyl (C=O) groups is 3. The lowest BCUT2D eigenvalue weighted by Crippen LogP contribution is -2.52. The number of anilines is 1. The van der Waals surface area contributed by atoms with Gasteiger partial charge in [-0.3, -0.25) is 24.8 Å². The summed E-state index contributed by atoms with van der Waals surface area (Å²) in [5, 5.41) is 2.55. The summed E-state index contributed by atoms with van der Waals surface area (Å²) in [5.74, 6) is -2.38. The van der Waals surface area contributed by atoms with Gasteiger partial charge in [0.25, 0.3) is 0 Å². The Labute approximate surface area is 195 Å². The lowest BCUT2D eigenvalue weighted by molar-refractivity contribution is -0.176. The van der Waals surface area contributed by atoms with Crippen LogP contribution in [0.2, 0.25) is 0 Å². The summed E-state index contributed by atoms with van der Waals surface area (Å²) >= 11 is 0. The molecule has 0 bridgehead atoms. The van der Waals surface area contributed by atoms with Crippen LogP contribution in [0.4, 0.5) is 19.4 Å². The zero-order chi connectivity index (χ0) is 24.7. The van der Waals surface area contributed by atoms with Gasteiger partial charge in [-0.25, -0.2) is 18.6 Å². The van der Waals surface area contributed by atoms with Gasteiger partial charge in [-0.2, -0.15) is 0 Å². The highest BCUT2D eigenvalue weighted by atomic mass is 19.3. The molecule has 11 heteroatoms. The van der Waals surface area contributed by atoms with Crippen molar-refractivity contribution in [3.63, 3.8) is 0 Å². The van der Waals surface area contributed by atoms with Gasteiger partial charge >= 0.3 is 6.03 Å². The van der Waals surface area contributed by atoms with E-state index in [9.17, 15) is 23.2 Å². The Balaban J connectivity index is 1.39. The van der Waals surface area contributed by atoms with Gasteiger partial charge in [-0.15, -0.1) is 0 Å². The normalized spacial score (nSPS) is 17.9. The molecular weight excluding hydrogens is 448 g/mol. The predicted molar refractivity (Wildman–Crippen MR) is 118 cm³/mol. The molecule has 2 aliphatic rings. The van der Waals surface area contributed by atoms with Gasteiger partial charge < -0.3 is 9.64 Å². The minimum Gasteiger partial charge on any atom is -0.455 e. The third kappa shape index (κ3) is 4.68. The number of alkyl halides is 2. The van der Waals surface area contributed by atoms with Crippen LogP contribution in [0.3, 0.4) is 0 Å². The average molecular weight is 473 g/mol. The molecule has 2 fully saturated rings. The Morgan fingerprint density at radius 1 is 1.24 bits per heavy atom. The molecule has 4 amide bonds. The van der Waals surface area contributed by atoms with Gasteiger partial charge in [-0.05, 0) is 31.5 Å². The molecule has 0 unspecified atom stereocenters. The smallest absolute Gasteiger partial charge is 0.329 e. The molecule has 3 heterocycles. The van der Waals surface area contributed by atoms with Crippen molar-refractivity contribution in [2.45, 2.75) is 38.5 Å². The van der Waals surface area contributed by atoms with Crippen LogP contribution in [-0.2, 0) is 16.0 Å². The number of aromatic nitrogens is 2. The number of imide groups is 1. The van der Waals surface area contributed by atoms with Crippen LogP contribution in [0.1, 0.15) is 30.7 Å². The van der Waals surface area contributed by atoms with Crippen molar-refractivity contribution >= 4 is 23.7 Å². The first-order chi connectivity index (χ1) is 16.0. The molecule has 0 atom stereocenters. The van der Waals surface area contributed by atoms with Gasteiger partial charge in [0.2, 0.25) is 17.7 Å². The number of urea groups is 1. The molecule has 1 N–H and O–H groups in total. The highest BCUT2D eigenvalue weighted by molar-refractivity contribution is 6.04. The molecule has 0 radical (unpaired) electrons. The molecule has 4 rings (SSSR count). The van der Waals surface area contributed by atoms with Gasteiger partial charge in [0.1, 0.15) is 17.3 Å². The number of hydrogen-bond acceptors (Lipinski definition) is 6. The molecule has 1 saturated carbocycles. The van der Waals surface area contributed by atoms with E-state index in [1.54, 1.807) is 45.4 Å². The maximum Gasteiger partial charge on any atom is 0.329 e. The van der Waals surface area contributed by atoms with Crippen molar-refractivity contribution in [3.8, 4) is 11.5 Å². The molecule has 34 heavy (non-hydrogen) atoms. The molecule has 180 valence electrons. The average Bonchev–Trinajstić information content (AvgIpc) is 3.06. The summed E-state index contributed by atoms with van der Waals surface area (Å²) in [7, 11) is 3.34. The van der Waals surface area contributed by atoms with E-state index in [4.69, 9.17) is 4.74 Å². The van der Waals surface area contributed by atoms with Gasteiger partial charge in [0, 0.05) is 45.7 Å². The SMILES string of the molecule is Cc1nc(NC(=O)N2CCC3(CC(F)(F)C3)C2=O)ccc1Oc1ccnc(CC(=O)N(C)C)c1. The van der Waals surface area contributed by atoms with Crippen molar-refractivity contribution in [1.82, 2.24) is 19.8 Å². The Morgan fingerprint density at radius 3 is 2.62 bits per heavy atom. The van der Waals surface area contributed by atoms with Crippen LogP contribution >= 0.6 is 0 Å². The molecule has 2 aromatic rings. The van der Waals surface area contributed by atoms with Crippen molar-refractivity contribution in [3.05, 3.63) is 41.9 Å². The first-order valence-electron chi connectivity index (χ1n) is 10.8. The zero-order valence-corrected chi connectivity index (χ0v) is 19.1. The van der Waals surface area contributed by atoms with E-state index in [1.165, 1.54) is 11.0 Å². The van der Waals surface area contributed by atoms with E-state index in [1.807, 2.05) is 0 Å². The Hall–Kier alpha value is -3.63. The first kappa shape index (κ1) is 23.5. The summed E-state index contributed by atoms with van der Waals surface area (Å²) in [6, 6.07) is 5.75. The number of hydrogen-bond donors (Lipinski definition) is 1. The summed E-state index contributed by atoms with van der Waals surface area (Å²) in [5.41, 5.74) is -0.0889. The summed E-state index contributed by atoms with van der Waals surface area (Å²) in [6.45, 7) is 1.79. The van der Waals surface area contributed by atoms with E-state index in [2.05, 4.69) is 15.3 Å². The minimum absolute atomic E-state index is 0.0870. The number of nitrogens with one attached hydrogen (secondary N) is 1. The summed E-state index contributed by atoms with van der Waals surface area (Å²) < 4.78 is 32.5. The Kier molecular flexibility index (Phi) is 5.96. The maximum atomic E-state index is 13.3. The lowest BCUT2D eigenvalue weighted by atomic mass is 9.65. The third-order valence-electron chi connectivity index (χ3n) is 6.07. The number of halogens is 2. The number of aryl methyl sites for hydroxylation is 1. The topological polar surface area (TPSA) is 105 Å². The highest BCUT2D eigenvalue weighted by Gasteiger charge is 2.64. The molecule has 2 aromatic heterocycles. The van der Waals surface area contributed by atoms with E-state index in [-0.39, 0.29) is 31.1 Å². The molecule has 9 nitrogen and oxygen atoms in total. The monoisotopic (exact) mass is 473 g/mol.